The highest BCUT2D eigenvalue weighted by Crippen LogP contribution is 2.08. The Morgan fingerprint density at radius 3 is 2.38 bits per heavy atom. The first-order chi connectivity index (χ1) is 7.20. The van der Waals surface area contributed by atoms with Gasteiger partial charge in [0, 0.05) is 18.7 Å². The van der Waals surface area contributed by atoms with Gasteiger partial charge in [0.2, 0.25) is 0 Å². The molecule has 0 fully saturated rings. The molecule has 94 valence electrons. The smallest absolute Gasteiger partial charge is 0.407 e. The van der Waals surface area contributed by atoms with Gasteiger partial charge in [-0.05, 0) is 34.1 Å². The van der Waals surface area contributed by atoms with Crippen LogP contribution in [0.15, 0.2) is 0 Å². The third-order valence-electron chi connectivity index (χ3n) is 1.62. The standard InChI is InChI=1S/C11H21NO3S/c1-8(6-7-16-9(2)13)12-10(14)15-11(3,4)5/h8H,6-7H2,1-5H3,(H,12,14). The van der Waals surface area contributed by atoms with Gasteiger partial charge in [-0.3, -0.25) is 4.79 Å². The molecule has 0 spiro atoms. The summed E-state index contributed by atoms with van der Waals surface area (Å²) in [4.78, 5) is 22.0. The molecule has 5 heteroatoms. The fraction of sp³-hybridized carbons (Fsp3) is 0.818. The van der Waals surface area contributed by atoms with Gasteiger partial charge in [-0.15, -0.1) is 0 Å². The molecule has 16 heavy (non-hydrogen) atoms. The lowest BCUT2D eigenvalue weighted by atomic mass is 10.2. The van der Waals surface area contributed by atoms with E-state index in [0.717, 1.165) is 6.42 Å². The van der Waals surface area contributed by atoms with Crippen molar-refractivity contribution in [3.63, 3.8) is 0 Å². The van der Waals surface area contributed by atoms with Crippen LogP contribution in [-0.4, -0.2) is 28.6 Å². The molecule has 0 aromatic rings. The highest BCUT2D eigenvalue weighted by molar-refractivity contribution is 8.13. The van der Waals surface area contributed by atoms with Crippen LogP contribution >= 0.6 is 11.8 Å². The first kappa shape index (κ1) is 15.3. The molecule has 1 unspecified atom stereocenters. The largest absolute Gasteiger partial charge is 0.444 e. The second-order valence-corrected chi connectivity index (χ2v) is 5.95. The lowest BCUT2D eigenvalue weighted by Gasteiger charge is -2.21. The first-order valence-corrected chi connectivity index (χ1v) is 6.32. The van der Waals surface area contributed by atoms with Crippen LogP contribution in [-0.2, 0) is 9.53 Å². The lowest BCUT2D eigenvalue weighted by Crippen LogP contribution is -2.37. The minimum absolute atomic E-state index is 0.0155. The Balaban J connectivity index is 3.74. The van der Waals surface area contributed by atoms with Crippen molar-refractivity contribution >= 4 is 23.0 Å². The number of alkyl carbamates (subject to hydrolysis) is 1. The highest BCUT2D eigenvalue weighted by atomic mass is 32.2. The molecule has 1 N–H and O–H groups in total. The second-order valence-electron chi connectivity index (χ2n) is 4.68. The van der Waals surface area contributed by atoms with Crippen molar-refractivity contribution in [2.75, 3.05) is 5.75 Å². The SMILES string of the molecule is CC(=O)SCCC(C)NC(=O)OC(C)(C)C. The minimum atomic E-state index is -0.474. The molecule has 0 aromatic heterocycles. The normalized spacial score (nSPS) is 13.1. The molecule has 0 rings (SSSR count). The van der Waals surface area contributed by atoms with Gasteiger partial charge in [-0.1, -0.05) is 11.8 Å². The molecule has 0 aliphatic heterocycles. The maximum absolute atomic E-state index is 11.4. The van der Waals surface area contributed by atoms with Gasteiger partial charge < -0.3 is 10.1 Å². The van der Waals surface area contributed by atoms with Crippen LogP contribution in [0.1, 0.15) is 41.0 Å². The van der Waals surface area contributed by atoms with Crippen molar-refractivity contribution in [3.05, 3.63) is 0 Å². The van der Waals surface area contributed by atoms with Gasteiger partial charge in [0.15, 0.2) is 5.12 Å². The van der Waals surface area contributed by atoms with Crippen molar-refractivity contribution < 1.29 is 14.3 Å². The summed E-state index contributed by atoms with van der Waals surface area (Å²) in [6.07, 6.45) is 0.344. The summed E-state index contributed by atoms with van der Waals surface area (Å²) < 4.78 is 5.11. The third kappa shape index (κ3) is 9.83. The van der Waals surface area contributed by atoms with Crippen LogP contribution in [0.4, 0.5) is 4.79 Å². The Kier molecular flexibility index (Phi) is 6.48. The van der Waals surface area contributed by atoms with E-state index >= 15 is 0 Å². The molecule has 0 bridgehead atoms. The summed E-state index contributed by atoms with van der Waals surface area (Å²) in [5, 5.41) is 2.83. The molecule has 0 aliphatic rings. The number of rotatable bonds is 4. The van der Waals surface area contributed by atoms with E-state index in [0.29, 0.717) is 5.75 Å². The summed E-state index contributed by atoms with van der Waals surface area (Å²) in [6.45, 7) is 8.90. The fourth-order valence-electron chi connectivity index (χ4n) is 0.960. The van der Waals surface area contributed by atoms with E-state index in [9.17, 15) is 9.59 Å². The van der Waals surface area contributed by atoms with E-state index in [2.05, 4.69) is 5.32 Å². The fourth-order valence-corrected chi connectivity index (χ4v) is 1.72. The van der Waals surface area contributed by atoms with Crippen LogP contribution in [0, 0.1) is 0 Å². The topological polar surface area (TPSA) is 55.4 Å². The van der Waals surface area contributed by atoms with Gasteiger partial charge in [0.1, 0.15) is 5.60 Å². The number of hydrogen-bond donors (Lipinski definition) is 1. The van der Waals surface area contributed by atoms with Crippen molar-refractivity contribution in [2.45, 2.75) is 52.7 Å². The maximum Gasteiger partial charge on any atom is 0.407 e. The summed E-state index contributed by atoms with van der Waals surface area (Å²) >= 11 is 1.27. The van der Waals surface area contributed by atoms with Crippen LogP contribution in [0.2, 0.25) is 0 Å². The van der Waals surface area contributed by atoms with E-state index in [1.807, 2.05) is 27.7 Å². The predicted molar refractivity (Wildman–Crippen MR) is 66.6 cm³/mol. The van der Waals surface area contributed by atoms with Crippen LogP contribution in [0.25, 0.3) is 0 Å². The van der Waals surface area contributed by atoms with Gasteiger partial charge in [-0.2, -0.15) is 0 Å². The Morgan fingerprint density at radius 1 is 1.38 bits per heavy atom. The van der Waals surface area contributed by atoms with E-state index in [-0.39, 0.29) is 11.2 Å². The maximum atomic E-state index is 11.4. The highest BCUT2D eigenvalue weighted by Gasteiger charge is 2.17. The zero-order valence-corrected chi connectivity index (χ0v) is 11.4. The number of carbonyl (C=O) groups is 2. The van der Waals surface area contributed by atoms with Gasteiger partial charge in [0.25, 0.3) is 0 Å². The van der Waals surface area contributed by atoms with E-state index in [1.54, 1.807) is 0 Å². The zero-order valence-electron chi connectivity index (χ0n) is 10.6. The molecule has 0 aromatic carbocycles. The zero-order chi connectivity index (χ0) is 12.8. The predicted octanol–water partition coefficient (Wildman–Crippen LogP) is 2.57. The molecule has 1 amide bonds. The molecular formula is C11H21NO3S. The van der Waals surface area contributed by atoms with Crippen LogP contribution in [0.3, 0.4) is 0 Å². The van der Waals surface area contributed by atoms with Gasteiger partial charge in [-0.25, -0.2) is 4.79 Å². The monoisotopic (exact) mass is 247 g/mol. The average molecular weight is 247 g/mol. The number of hydrogen-bond acceptors (Lipinski definition) is 4. The summed E-state index contributed by atoms with van der Waals surface area (Å²) in [7, 11) is 0. The van der Waals surface area contributed by atoms with Crippen LogP contribution in [0.5, 0.6) is 0 Å². The van der Waals surface area contributed by atoms with Crippen LogP contribution < -0.4 is 5.32 Å². The average Bonchev–Trinajstić information content (AvgIpc) is 1.98. The number of ether oxygens (including phenoxy) is 1. The minimum Gasteiger partial charge on any atom is -0.444 e. The van der Waals surface area contributed by atoms with Crippen molar-refractivity contribution in [2.24, 2.45) is 0 Å². The van der Waals surface area contributed by atoms with Gasteiger partial charge >= 0.3 is 6.09 Å². The number of nitrogens with one attached hydrogen (secondary N) is 1. The Hall–Kier alpha value is -0.710. The summed E-state index contributed by atoms with van der Waals surface area (Å²) in [6, 6.07) is 0.0155. The lowest BCUT2D eigenvalue weighted by molar-refractivity contribution is -0.109. The molecule has 0 saturated heterocycles. The van der Waals surface area contributed by atoms with Crippen molar-refractivity contribution in [1.29, 1.82) is 0 Å². The number of thioether (sulfide) groups is 1. The first-order valence-electron chi connectivity index (χ1n) is 5.33. The second kappa shape index (κ2) is 6.78. The van der Waals surface area contributed by atoms with E-state index in [1.165, 1.54) is 18.7 Å². The number of carbonyl (C=O) groups excluding carboxylic acids is 2. The van der Waals surface area contributed by atoms with Crippen molar-refractivity contribution in [1.82, 2.24) is 5.32 Å². The molecule has 0 saturated carbocycles. The molecule has 0 radical (unpaired) electrons. The summed E-state index contributed by atoms with van der Waals surface area (Å²) in [5.41, 5.74) is -0.474. The molecule has 1 atom stereocenters. The number of amides is 1. The van der Waals surface area contributed by atoms with E-state index in [4.69, 9.17) is 4.74 Å². The Morgan fingerprint density at radius 2 is 1.94 bits per heavy atom. The Labute approximate surface area is 101 Å². The van der Waals surface area contributed by atoms with E-state index < -0.39 is 11.7 Å². The molecule has 0 aliphatic carbocycles. The van der Waals surface area contributed by atoms with Gasteiger partial charge in [0.05, 0.1) is 0 Å². The summed E-state index contributed by atoms with van der Waals surface area (Å²) in [5.74, 6) is 0.715. The molecular weight excluding hydrogens is 226 g/mol. The third-order valence-corrected chi connectivity index (χ3v) is 2.47. The molecule has 0 heterocycles. The Bertz CT molecular complexity index is 248. The van der Waals surface area contributed by atoms with Crippen molar-refractivity contribution in [3.8, 4) is 0 Å². The quantitative estimate of drug-likeness (QED) is 0.829. The molecule has 4 nitrogen and oxygen atoms in total.